The largest absolute Gasteiger partial charge is 0.588 e. The van der Waals surface area contributed by atoms with Gasteiger partial charge >= 0.3 is 0 Å². The molecule has 5 rings (SSSR count). The number of ether oxygens (including phenoxy) is 2. The first-order valence-electron chi connectivity index (χ1n) is 13.0. The number of likely N-dealkylation sites (N-methyl/N-ethyl adjacent to an activating group) is 1. The zero-order valence-electron chi connectivity index (χ0n) is 21.7. The van der Waals surface area contributed by atoms with Crippen molar-refractivity contribution in [2.45, 2.75) is 30.3 Å². The number of amides is 1. The van der Waals surface area contributed by atoms with Crippen molar-refractivity contribution in [1.82, 2.24) is 9.80 Å². The normalized spacial score (nSPS) is 20.9. The van der Waals surface area contributed by atoms with Crippen LogP contribution in [0.25, 0.3) is 6.08 Å². The molecule has 2 saturated heterocycles. The molecule has 2 fully saturated rings. The monoisotopic (exact) mass is 524 g/mol. The minimum atomic E-state index is -1.48. The molecule has 3 aliphatic rings. The van der Waals surface area contributed by atoms with E-state index in [1.54, 1.807) is 25.3 Å². The third-order valence-electron chi connectivity index (χ3n) is 7.33. The number of piperazine rings is 1. The van der Waals surface area contributed by atoms with Gasteiger partial charge in [-0.15, -0.1) is 0 Å². The molecule has 0 bridgehead atoms. The first-order valence-corrected chi connectivity index (χ1v) is 14.2. The summed E-state index contributed by atoms with van der Waals surface area (Å²) in [5.41, 5.74) is 3.16. The van der Waals surface area contributed by atoms with Crippen LogP contribution in [0.15, 0.2) is 47.4 Å². The van der Waals surface area contributed by atoms with Gasteiger partial charge in [0.25, 0.3) is 5.91 Å². The van der Waals surface area contributed by atoms with Crippen molar-refractivity contribution in [2.24, 2.45) is 0 Å². The molecule has 9 heteroatoms. The highest BCUT2D eigenvalue weighted by Crippen LogP contribution is 2.34. The highest BCUT2D eigenvalue weighted by molar-refractivity contribution is 7.92. The van der Waals surface area contributed by atoms with Gasteiger partial charge in [-0.1, -0.05) is 24.3 Å². The van der Waals surface area contributed by atoms with Gasteiger partial charge in [0, 0.05) is 64.6 Å². The molecule has 0 spiro atoms. The third kappa shape index (κ3) is 5.90. The maximum absolute atomic E-state index is 13.3. The van der Waals surface area contributed by atoms with E-state index in [0.29, 0.717) is 36.2 Å². The molecule has 0 aliphatic carbocycles. The number of methoxy groups -OCH3 is 1. The van der Waals surface area contributed by atoms with E-state index in [-0.39, 0.29) is 5.91 Å². The smallest absolute Gasteiger partial charge is 0.257 e. The number of para-hydroxylation sites is 1. The molecular formula is C28H36N4O4S. The summed E-state index contributed by atoms with van der Waals surface area (Å²) < 4.78 is 27.8. The van der Waals surface area contributed by atoms with E-state index >= 15 is 0 Å². The van der Waals surface area contributed by atoms with Gasteiger partial charge in [-0.25, -0.2) is 4.72 Å². The van der Waals surface area contributed by atoms with Crippen LogP contribution in [0.2, 0.25) is 0 Å². The average Bonchev–Trinajstić information content (AvgIpc) is 2.93. The number of rotatable bonds is 7. The summed E-state index contributed by atoms with van der Waals surface area (Å²) in [5, 5.41) is 0. The number of benzene rings is 2. The molecule has 1 N–H and O–H groups in total. The minimum Gasteiger partial charge on any atom is -0.588 e. The summed E-state index contributed by atoms with van der Waals surface area (Å²) >= 11 is -1.48. The van der Waals surface area contributed by atoms with Crippen molar-refractivity contribution in [1.29, 1.82) is 0 Å². The molecule has 198 valence electrons. The standard InChI is InChI=1S/C28H36N4O4S/c1-30-13-6-8-21-7-5-10-26(27(21)30)37(34)29-22-11-12-24(25(19-22)35-2)28(33)32-16-14-31(15-17-32)20-23-9-3-4-18-36-23/h5-8,10-12,19,23,29H,3-4,9,13-18,20H2,1-2H3. The predicted molar refractivity (Wildman–Crippen MR) is 148 cm³/mol. The number of hydrogen-bond acceptors (Lipinski definition) is 7. The number of fused-ring (bicyclic) bond motifs is 1. The van der Waals surface area contributed by atoms with Gasteiger partial charge in [-0.3, -0.25) is 9.69 Å². The van der Waals surface area contributed by atoms with Gasteiger partial charge in [-0.05, 0) is 37.5 Å². The molecule has 0 radical (unpaired) electrons. The number of anilines is 2. The molecule has 0 aromatic heterocycles. The summed E-state index contributed by atoms with van der Waals surface area (Å²) in [7, 11) is 3.56. The van der Waals surface area contributed by atoms with Gasteiger partial charge in [0.1, 0.15) is 22.8 Å². The lowest BCUT2D eigenvalue weighted by molar-refractivity contribution is -0.0130. The number of carbonyl (C=O) groups is 1. The van der Waals surface area contributed by atoms with Crippen molar-refractivity contribution < 1.29 is 18.8 Å². The van der Waals surface area contributed by atoms with Crippen molar-refractivity contribution in [3.8, 4) is 5.75 Å². The Kier molecular flexibility index (Phi) is 8.24. The Morgan fingerprint density at radius 2 is 2.03 bits per heavy atom. The SMILES string of the molecule is COc1cc(N[S+]([O-])c2cccc3c2N(C)CC=C3)ccc1C(=O)N1CCN(CC2CCCCO2)CC1. The topological polar surface area (TPSA) is 80.3 Å². The molecule has 2 atom stereocenters. The number of nitrogens with zero attached hydrogens (tertiary/aromatic N) is 3. The van der Waals surface area contributed by atoms with Crippen LogP contribution in [0.1, 0.15) is 35.2 Å². The van der Waals surface area contributed by atoms with E-state index in [2.05, 4.69) is 26.7 Å². The van der Waals surface area contributed by atoms with Crippen LogP contribution in [0, 0.1) is 0 Å². The van der Waals surface area contributed by atoms with Crippen LogP contribution < -0.4 is 14.4 Å². The maximum atomic E-state index is 13.3. The van der Waals surface area contributed by atoms with E-state index < -0.39 is 11.4 Å². The van der Waals surface area contributed by atoms with Crippen molar-refractivity contribution in [3.63, 3.8) is 0 Å². The van der Waals surface area contributed by atoms with E-state index in [4.69, 9.17) is 9.47 Å². The zero-order chi connectivity index (χ0) is 25.8. The molecular weight excluding hydrogens is 488 g/mol. The van der Waals surface area contributed by atoms with Crippen molar-refractivity contribution in [2.75, 3.05) is 69.7 Å². The molecule has 1 amide bonds. The van der Waals surface area contributed by atoms with Crippen LogP contribution in [0.5, 0.6) is 5.75 Å². The minimum absolute atomic E-state index is 0.0383. The third-order valence-corrected chi connectivity index (χ3v) is 8.48. The Bertz CT molecular complexity index is 1130. The Morgan fingerprint density at radius 3 is 2.78 bits per heavy atom. The Labute approximate surface area is 222 Å². The first-order chi connectivity index (χ1) is 18.0. The average molecular weight is 525 g/mol. The molecule has 2 aromatic carbocycles. The first kappa shape index (κ1) is 25.9. The highest BCUT2D eigenvalue weighted by Gasteiger charge is 2.28. The van der Waals surface area contributed by atoms with Crippen LogP contribution in [-0.2, 0) is 16.1 Å². The highest BCUT2D eigenvalue weighted by atomic mass is 32.2. The van der Waals surface area contributed by atoms with Gasteiger partial charge in [0.15, 0.2) is 0 Å². The van der Waals surface area contributed by atoms with E-state index in [1.807, 2.05) is 30.1 Å². The molecule has 3 aliphatic heterocycles. The lowest BCUT2D eigenvalue weighted by atomic mass is 10.1. The number of carbonyl (C=O) groups excluding carboxylic acids is 1. The van der Waals surface area contributed by atoms with E-state index in [9.17, 15) is 9.35 Å². The number of nitrogens with one attached hydrogen (secondary N) is 1. The molecule has 2 unspecified atom stereocenters. The number of hydrogen-bond donors (Lipinski definition) is 1. The molecule has 0 saturated carbocycles. The van der Waals surface area contributed by atoms with Crippen LogP contribution in [0.3, 0.4) is 0 Å². The van der Waals surface area contributed by atoms with Crippen LogP contribution in [0.4, 0.5) is 11.4 Å². The summed E-state index contributed by atoms with van der Waals surface area (Å²) in [5.74, 6) is 0.434. The fourth-order valence-corrected chi connectivity index (χ4v) is 6.40. The van der Waals surface area contributed by atoms with Gasteiger partial charge in [0.2, 0.25) is 4.90 Å². The Balaban J connectivity index is 1.23. The second-order valence-corrected chi connectivity index (χ2v) is 11.0. The predicted octanol–water partition coefficient (Wildman–Crippen LogP) is 3.62. The summed E-state index contributed by atoms with van der Waals surface area (Å²) in [6.45, 7) is 5.63. The lowest BCUT2D eigenvalue weighted by Crippen LogP contribution is -2.50. The second kappa shape index (κ2) is 11.8. The molecule has 3 heterocycles. The maximum Gasteiger partial charge on any atom is 0.257 e. The van der Waals surface area contributed by atoms with Crippen molar-refractivity contribution >= 4 is 34.7 Å². The van der Waals surface area contributed by atoms with Crippen LogP contribution in [-0.4, -0.2) is 86.4 Å². The molecule has 2 aromatic rings. The second-order valence-electron chi connectivity index (χ2n) is 9.84. The van der Waals surface area contributed by atoms with E-state index in [1.165, 1.54) is 6.42 Å². The van der Waals surface area contributed by atoms with Crippen LogP contribution >= 0.6 is 0 Å². The van der Waals surface area contributed by atoms with E-state index in [0.717, 1.165) is 61.8 Å². The Morgan fingerprint density at radius 1 is 1.19 bits per heavy atom. The summed E-state index contributed by atoms with van der Waals surface area (Å²) in [6.07, 6.45) is 8.00. The Hall–Kier alpha value is -2.72. The molecule has 8 nitrogen and oxygen atoms in total. The van der Waals surface area contributed by atoms with Crippen molar-refractivity contribution in [3.05, 3.63) is 53.6 Å². The zero-order valence-corrected chi connectivity index (χ0v) is 22.5. The fraction of sp³-hybridized carbons (Fsp3) is 0.464. The summed E-state index contributed by atoms with van der Waals surface area (Å²) in [4.78, 5) is 20.4. The fourth-order valence-electron chi connectivity index (χ4n) is 5.30. The van der Waals surface area contributed by atoms with Gasteiger partial charge in [-0.2, -0.15) is 0 Å². The quantitative estimate of drug-likeness (QED) is 0.554. The lowest BCUT2D eigenvalue weighted by Gasteiger charge is -2.37. The van der Waals surface area contributed by atoms with Gasteiger partial charge < -0.3 is 23.8 Å². The molecule has 37 heavy (non-hydrogen) atoms. The summed E-state index contributed by atoms with van der Waals surface area (Å²) in [6, 6.07) is 11.1. The van der Waals surface area contributed by atoms with Gasteiger partial charge in [0.05, 0.1) is 24.5 Å².